The standard InChI is InChI=1S/C5H13NO3S/c1-3-5(6)4-10(7,8)9-2/h5H,3-4,6H2,1-2H3. The zero-order chi connectivity index (χ0) is 8.20. The third-order valence-corrected chi connectivity index (χ3v) is 2.54. The van der Waals surface area contributed by atoms with Crippen molar-refractivity contribution in [3.8, 4) is 0 Å². The summed E-state index contributed by atoms with van der Waals surface area (Å²) in [6, 6.07) is -0.315. The predicted octanol–water partition coefficient (Wildman–Crippen LogP) is -0.300. The van der Waals surface area contributed by atoms with Gasteiger partial charge in [-0.1, -0.05) is 6.92 Å². The van der Waals surface area contributed by atoms with Gasteiger partial charge in [-0.3, -0.25) is 4.18 Å². The van der Waals surface area contributed by atoms with Crippen molar-refractivity contribution in [3.05, 3.63) is 0 Å². The van der Waals surface area contributed by atoms with Gasteiger partial charge in [-0.25, -0.2) is 0 Å². The van der Waals surface area contributed by atoms with Crippen LogP contribution in [0.25, 0.3) is 0 Å². The van der Waals surface area contributed by atoms with Gasteiger partial charge in [0.05, 0.1) is 12.9 Å². The summed E-state index contributed by atoms with van der Waals surface area (Å²) >= 11 is 0. The minimum Gasteiger partial charge on any atom is -0.327 e. The Hall–Kier alpha value is -0.130. The first-order chi connectivity index (χ1) is 4.52. The second-order valence-electron chi connectivity index (χ2n) is 2.06. The molecule has 0 radical (unpaired) electrons. The fourth-order valence-electron chi connectivity index (χ4n) is 0.448. The van der Waals surface area contributed by atoms with Crippen molar-refractivity contribution < 1.29 is 12.6 Å². The summed E-state index contributed by atoms with van der Waals surface area (Å²) in [7, 11) is -2.22. The van der Waals surface area contributed by atoms with Crippen molar-refractivity contribution >= 4 is 10.1 Å². The van der Waals surface area contributed by atoms with E-state index in [2.05, 4.69) is 4.18 Å². The van der Waals surface area contributed by atoms with Crippen LogP contribution in [0.3, 0.4) is 0 Å². The van der Waals surface area contributed by atoms with Gasteiger partial charge in [0.15, 0.2) is 0 Å². The highest BCUT2D eigenvalue weighted by Gasteiger charge is 2.12. The van der Waals surface area contributed by atoms with Crippen LogP contribution in [0.1, 0.15) is 13.3 Å². The fraction of sp³-hybridized carbons (Fsp3) is 1.00. The molecule has 1 atom stereocenters. The van der Waals surface area contributed by atoms with Crippen molar-refractivity contribution in [2.75, 3.05) is 12.9 Å². The van der Waals surface area contributed by atoms with Gasteiger partial charge in [0.1, 0.15) is 0 Å². The van der Waals surface area contributed by atoms with Crippen LogP contribution in [0.2, 0.25) is 0 Å². The molecule has 0 heterocycles. The summed E-state index contributed by atoms with van der Waals surface area (Å²) < 4.78 is 25.5. The first kappa shape index (κ1) is 9.87. The lowest BCUT2D eigenvalue weighted by atomic mass is 10.3. The molecule has 0 spiro atoms. The SMILES string of the molecule is CCC(N)CS(=O)(=O)OC. The molecule has 0 saturated carbocycles. The summed E-state index contributed by atoms with van der Waals surface area (Å²) in [5.41, 5.74) is 5.38. The smallest absolute Gasteiger partial charge is 0.268 e. The third-order valence-electron chi connectivity index (χ3n) is 1.20. The quantitative estimate of drug-likeness (QED) is 0.584. The molecule has 4 nitrogen and oxygen atoms in total. The van der Waals surface area contributed by atoms with Crippen molar-refractivity contribution in [1.82, 2.24) is 0 Å². The lowest BCUT2D eigenvalue weighted by Crippen LogP contribution is -2.29. The predicted molar refractivity (Wildman–Crippen MR) is 39.1 cm³/mol. The van der Waals surface area contributed by atoms with E-state index in [-0.39, 0.29) is 11.8 Å². The topological polar surface area (TPSA) is 69.4 Å². The molecule has 2 N–H and O–H groups in total. The molecule has 1 unspecified atom stereocenters. The van der Waals surface area contributed by atoms with E-state index >= 15 is 0 Å². The van der Waals surface area contributed by atoms with Gasteiger partial charge < -0.3 is 5.73 Å². The lowest BCUT2D eigenvalue weighted by molar-refractivity contribution is 0.394. The highest BCUT2D eigenvalue weighted by molar-refractivity contribution is 7.86. The van der Waals surface area contributed by atoms with Crippen LogP contribution in [-0.2, 0) is 14.3 Å². The van der Waals surface area contributed by atoms with Crippen LogP contribution in [0.15, 0.2) is 0 Å². The van der Waals surface area contributed by atoms with Crippen LogP contribution < -0.4 is 5.73 Å². The highest BCUT2D eigenvalue weighted by atomic mass is 32.2. The second kappa shape index (κ2) is 3.90. The third kappa shape index (κ3) is 3.81. The molecular formula is C5H13NO3S. The zero-order valence-electron chi connectivity index (χ0n) is 6.20. The molecule has 0 rings (SSSR count). The first-order valence-electron chi connectivity index (χ1n) is 3.05. The van der Waals surface area contributed by atoms with Gasteiger partial charge >= 0.3 is 0 Å². The Morgan fingerprint density at radius 3 is 2.40 bits per heavy atom. The van der Waals surface area contributed by atoms with Gasteiger partial charge in [-0.05, 0) is 6.42 Å². The fourth-order valence-corrected chi connectivity index (χ4v) is 1.34. The molecule has 0 aromatic rings. The molecule has 5 heteroatoms. The minimum atomic E-state index is -3.36. The Kier molecular flexibility index (Phi) is 3.85. The first-order valence-corrected chi connectivity index (χ1v) is 4.63. The molecule has 10 heavy (non-hydrogen) atoms. The van der Waals surface area contributed by atoms with E-state index in [0.29, 0.717) is 6.42 Å². The Labute approximate surface area is 61.5 Å². The molecule has 0 aromatic heterocycles. The average molecular weight is 167 g/mol. The molecule has 0 aromatic carbocycles. The van der Waals surface area contributed by atoms with Crippen LogP contribution in [0, 0.1) is 0 Å². The van der Waals surface area contributed by atoms with E-state index < -0.39 is 10.1 Å². The van der Waals surface area contributed by atoms with Crippen LogP contribution in [0.4, 0.5) is 0 Å². The normalized spacial score (nSPS) is 15.1. The minimum absolute atomic E-state index is 0.0972. The van der Waals surface area contributed by atoms with Crippen LogP contribution in [-0.4, -0.2) is 27.3 Å². The number of hydrogen-bond acceptors (Lipinski definition) is 4. The summed E-state index contributed by atoms with van der Waals surface area (Å²) in [5.74, 6) is -0.0972. The van der Waals surface area contributed by atoms with E-state index in [9.17, 15) is 8.42 Å². The van der Waals surface area contributed by atoms with E-state index in [4.69, 9.17) is 5.73 Å². The zero-order valence-corrected chi connectivity index (χ0v) is 7.02. The second-order valence-corrected chi connectivity index (χ2v) is 3.84. The maximum absolute atomic E-state index is 10.7. The maximum Gasteiger partial charge on any atom is 0.268 e. The monoisotopic (exact) mass is 167 g/mol. The van der Waals surface area contributed by atoms with Crippen LogP contribution >= 0.6 is 0 Å². The van der Waals surface area contributed by atoms with Gasteiger partial charge in [0, 0.05) is 6.04 Å². The molecule has 0 saturated heterocycles. The maximum atomic E-state index is 10.7. The van der Waals surface area contributed by atoms with E-state index in [0.717, 1.165) is 7.11 Å². The lowest BCUT2D eigenvalue weighted by Gasteiger charge is -2.06. The molecule has 0 bridgehead atoms. The largest absolute Gasteiger partial charge is 0.327 e. The van der Waals surface area contributed by atoms with Crippen molar-refractivity contribution in [1.29, 1.82) is 0 Å². The summed E-state index contributed by atoms with van der Waals surface area (Å²) in [4.78, 5) is 0. The number of hydrogen-bond donors (Lipinski definition) is 1. The molecule has 0 aliphatic carbocycles. The molecule has 0 fully saturated rings. The molecule has 62 valence electrons. The Bertz CT molecular complexity index is 175. The van der Waals surface area contributed by atoms with Crippen molar-refractivity contribution in [2.24, 2.45) is 5.73 Å². The Balaban J connectivity index is 3.90. The summed E-state index contributed by atoms with van der Waals surface area (Å²) in [6.07, 6.45) is 0.641. The van der Waals surface area contributed by atoms with Crippen molar-refractivity contribution in [2.45, 2.75) is 19.4 Å². The number of rotatable bonds is 4. The van der Waals surface area contributed by atoms with Gasteiger partial charge in [-0.2, -0.15) is 8.42 Å². The van der Waals surface area contributed by atoms with Crippen LogP contribution in [0.5, 0.6) is 0 Å². The average Bonchev–Trinajstić information content (AvgIpc) is 1.87. The van der Waals surface area contributed by atoms with Gasteiger partial charge in [-0.15, -0.1) is 0 Å². The Morgan fingerprint density at radius 2 is 2.10 bits per heavy atom. The van der Waals surface area contributed by atoms with E-state index in [1.165, 1.54) is 0 Å². The highest BCUT2D eigenvalue weighted by Crippen LogP contribution is 1.95. The molecule has 0 amide bonds. The molecule has 0 aliphatic rings. The summed E-state index contributed by atoms with van der Waals surface area (Å²) in [6.45, 7) is 1.83. The van der Waals surface area contributed by atoms with E-state index in [1.54, 1.807) is 0 Å². The van der Waals surface area contributed by atoms with Gasteiger partial charge in [0.2, 0.25) is 0 Å². The number of nitrogens with two attached hydrogens (primary N) is 1. The Morgan fingerprint density at radius 1 is 1.60 bits per heavy atom. The molecular weight excluding hydrogens is 154 g/mol. The van der Waals surface area contributed by atoms with E-state index in [1.807, 2.05) is 6.92 Å². The van der Waals surface area contributed by atoms with Gasteiger partial charge in [0.25, 0.3) is 10.1 Å². The molecule has 0 aliphatic heterocycles. The van der Waals surface area contributed by atoms with Crippen molar-refractivity contribution in [3.63, 3.8) is 0 Å². The summed E-state index contributed by atoms with van der Waals surface area (Å²) in [5, 5.41) is 0.